The number of hydrogen-bond donors (Lipinski definition) is 4. The zero-order chi connectivity index (χ0) is 21.0. The number of carbonyl (C=O) groups is 3. The summed E-state index contributed by atoms with van der Waals surface area (Å²) < 4.78 is 5.46. The molecule has 0 radical (unpaired) electrons. The fraction of sp³-hybridized carbons (Fsp3) is 0.350. The monoisotopic (exact) mass is 416 g/mol. The molecule has 0 unspecified atom stereocenters. The lowest BCUT2D eigenvalue weighted by Crippen LogP contribution is -2.36. The van der Waals surface area contributed by atoms with Crippen molar-refractivity contribution in [2.24, 2.45) is 17.2 Å². The van der Waals surface area contributed by atoms with Gasteiger partial charge in [-0.3, -0.25) is 14.9 Å². The summed E-state index contributed by atoms with van der Waals surface area (Å²) in [5.41, 5.74) is 18.4. The van der Waals surface area contributed by atoms with Crippen LogP contribution in [0.25, 0.3) is 10.4 Å². The van der Waals surface area contributed by atoms with Crippen molar-refractivity contribution in [3.05, 3.63) is 41.5 Å². The number of thiophene rings is 1. The zero-order valence-corrected chi connectivity index (χ0v) is 16.7. The summed E-state index contributed by atoms with van der Waals surface area (Å²) in [7, 11) is 0. The first kappa shape index (κ1) is 20.8. The summed E-state index contributed by atoms with van der Waals surface area (Å²) in [5, 5.41) is 2.72. The Morgan fingerprint density at radius 1 is 1.14 bits per heavy atom. The Kier molecular flexibility index (Phi) is 6.50. The van der Waals surface area contributed by atoms with Gasteiger partial charge in [0.25, 0.3) is 5.91 Å². The minimum atomic E-state index is -0.769. The topological polar surface area (TPSA) is 151 Å². The second kappa shape index (κ2) is 9.06. The highest BCUT2D eigenvalue weighted by Gasteiger charge is 2.23. The Bertz CT molecular complexity index is 904. The first-order chi connectivity index (χ1) is 13.8. The molecule has 1 heterocycles. The zero-order valence-electron chi connectivity index (χ0n) is 15.9. The van der Waals surface area contributed by atoms with Gasteiger partial charge in [-0.2, -0.15) is 0 Å². The van der Waals surface area contributed by atoms with E-state index in [4.69, 9.17) is 21.9 Å². The van der Waals surface area contributed by atoms with Gasteiger partial charge in [-0.25, -0.2) is 4.79 Å². The van der Waals surface area contributed by atoms with E-state index < -0.39 is 18.0 Å². The average Bonchev–Trinajstić information content (AvgIpc) is 3.31. The molecule has 1 saturated carbocycles. The van der Waals surface area contributed by atoms with Crippen LogP contribution < -0.4 is 22.5 Å². The summed E-state index contributed by atoms with van der Waals surface area (Å²) in [5.74, 6) is -1.02. The molecule has 8 nitrogen and oxygen atoms in total. The highest BCUT2D eigenvalue weighted by molar-refractivity contribution is 7.20. The van der Waals surface area contributed by atoms with E-state index in [-0.39, 0.29) is 17.6 Å². The number of amides is 3. The fourth-order valence-electron chi connectivity index (χ4n) is 3.32. The number of nitrogens with one attached hydrogen (secondary N) is 1. The molecule has 3 rings (SSSR count). The first-order valence-corrected chi connectivity index (χ1v) is 10.2. The van der Waals surface area contributed by atoms with E-state index in [0.717, 1.165) is 41.7 Å². The molecule has 29 heavy (non-hydrogen) atoms. The number of ether oxygens (including phenoxy) is 1. The summed E-state index contributed by atoms with van der Waals surface area (Å²) >= 11 is 1.20. The van der Waals surface area contributed by atoms with Gasteiger partial charge in [-0.1, -0.05) is 24.3 Å². The van der Waals surface area contributed by atoms with Crippen LogP contribution in [0.4, 0.5) is 9.80 Å². The van der Waals surface area contributed by atoms with E-state index in [1.807, 2.05) is 24.3 Å². The summed E-state index contributed by atoms with van der Waals surface area (Å²) in [6, 6.07) is 7.57. The van der Waals surface area contributed by atoms with E-state index in [9.17, 15) is 14.4 Å². The molecule has 1 aromatic heterocycles. The Morgan fingerprint density at radius 2 is 1.79 bits per heavy atom. The van der Waals surface area contributed by atoms with Crippen LogP contribution in [-0.2, 0) is 16.0 Å². The van der Waals surface area contributed by atoms with Crippen molar-refractivity contribution in [2.75, 3.05) is 5.32 Å². The van der Waals surface area contributed by atoms with Crippen LogP contribution >= 0.6 is 11.3 Å². The highest BCUT2D eigenvalue weighted by atomic mass is 32.1. The lowest BCUT2D eigenvalue weighted by molar-refractivity contribution is -0.150. The van der Waals surface area contributed by atoms with E-state index in [0.29, 0.717) is 11.4 Å². The molecule has 1 aliphatic rings. The van der Waals surface area contributed by atoms with Crippen molar-refractivity contribution in [2.45, 2.75) is 44.2 Å². The maximum Gasteiger partial charge on any atom is 0.323 e. The van der Waals surface area contributed by atoms with Crippen LogP contribution in [0.3, 0.4) is 0 Å². The lowest BCUT2D eigenvalue weighted by atomic mass is 10.0. The number of benzene rings is 1. The van der Waals surface area contributed by atoms with Crippen molar-refractivity contribution in [1.29, 1.82) is 0 Å². The third-order valence-electron chi connectivity index (χ3n) is 4.82. The highest BCUT2D eigenvalue weighted by Crippen LogP contribution is 2.35. The molecule has 0 aliphatic heterocycles. The largest absolute Gasteiger partial charge is 0.461 e. The number of rotatable bonds is 7. The number of hydrogen-bond acceptors (Lipinski definition) is 6. The molecule has 7 N–H and O–H groups in total. The number of primary amides is 2. The lowest BCUT2D eigenvalue weighted by Gasteiger charge is -2.16. The molecular formula is C20H24N4O4S. The van der Waals surface area contributed by atoms with Gasteiger partial charge in [0.1, 0.15) is 17.1 Å². The van der Waals surface area contributed by atoms with Crippen molar-refractivity contribution < 1.29 is 19.1 Å². The maximum absolute atomic E-state index is 12.1. The van der Waals surface area contributed by atoms with E-state index in [1.165, 1.54) is 11.3 Å². The van der Waals surface area contributed by atoms with Crippen LogP contribution in [0.1, 0.15) is 41.6 Å². The van der Waals surface area contributed by atoms with Crippen LogP contribution in [-0.4, -0.2) is 30.1 Å². The van der Waals surface area contributed by atoms with Crippen LogP contribution in [0.5, 0.6) is 0 Å². The van der Waals surface area contributed by atoms with Gasteiger partial charge in [0.05, 0.1) is 5.56 Å². The predicted molar refractivity (Wildman–Crippen MR) is 112 cm³/mol. The summed E-state index contributed by atoms with van der Waals surface area (Å²) in [6.07, 6.45) is 4.37. The van der Waals surface area contributed by atoms with Gasteiger partial charge in [-0.15, -0.1) is 11.3 Å². The molecule has 154 valence electrons. The van der Waals surface area contributed by atoms with E-state index in [2.05, 4.69) is 5.32 Å². The minimum Gasteiger partial charge on any atom is -0.461 e. The van der Waals surface area contributed by atoms with Crippen LogP contribution in [0, 0.1) is 0 Å². The van der Waals surface area contributed by atoms with Crippen molar-refractivity contribution >= 4 is 34.2 Å². The molecule has 1 aromatic carbocycles. The van der Waals surface area contributed by atoms with Gasteiger partial charge in [-0.05, 0) is 49.3 Å². The van der Waals surface area contributed by atoms with Gasteiger partial charge in [0.15, 0.2) is 0 Å². The summed E-state index contributed by atoms with van der Waals surface area (Å²) in [4.78, 5) is 35.6. The normalized spacial score (nSPS) is 15.1. The number of nitrogens with two attached hydrogens (primary N) is 3. The molecule has 1 aliphatic carbocycles. The first-order valence-electron chi connectivity index (χ1n) is 9.39. The van der Waals surface area contributed by atoms with Gasteiger partial charge in [0, 0.05) is 4.88 Å². The second-order valence-corrected chi connectivity index (χ2v) is 8.11. The van der Waals surface area contributed by atoms with Crippen molar-refractivity contribution in [3.8, 4) is 10.4 Å². The predicted octanol–water partition coefficient (Wildman–Crippen LogP) is 2.36. The van der Waals surface area contributed by atoms with Gasteiger partial charge >= 0.3 is 12.0 Å². The van der Waals surface area contributed by atoms with Crippen LogP contribution in [0.2, 0.25) is 0 Å². The Balaban J connectivity index is 1.67. The number of anilines is 1. The molecule has 3 amide bonds. The Morgan fingerprint density at radius 3 is 2.38 bits per heavy atom. The van der Waals surface area contributed by atoms with Crippen molar-refractivity contribution in [1.82, 2.24) is 0 Å². The smallest absolute Gasteiger partial charge is 0.323 e. The Labute approximate surface area is 172 Å². The third kappa shape index (κ3) is 5.33. The molecule has 9 heteroatoms. The minimum absolute atomic E-state index is 0.00239. The molecular weight excluding hydrogens is 392 g/mol. The fourth-order valence-corrected chi connectivity index (χ4v) is 4.39. The number of urea groups is 1. The molecule has 0 spiro atoms. The van der Waals surface area contributed by atoms with E-state index >= 15 is 0 Å². The second-order valence-electron chi connectivity index (χ2n) is 7.06. The maximum atomic E-state index is 12.1. The van der Waals surface area contributed by atoms with E-state index in [1.54, 1.807) is 6.07 Å². The number of esters is 1. The molecule has 0 bridgehead atoms. The van der Waals surface area contributed by atoms with Gasteiger partial charge < -0.3 is 21.9 Å². The van der Waals surface area contributed by atoms with Gasteiger partial charge in [0.2, 0.25) is 0 Å². The third-order valence-corrected chi connectivity index (χ3v) is 5.92. The molecule has 1 fully saturated rings. The SMILES string of the molecule is NC(=O)Nc1sc(-c2ccc(C[C@H](N)C(=O)OC3CCCC3)cc2)cc1C(N)=O. The van der Waals surface area contributed by atoms with Crippen LogP contribution in [0.15, 0.2) is 30.3 Å². The van der Waals surface area contributed by atoms with Crippen molar-refractivity contribution in [3.63, 3.8) is 0 Å². The number of carbonyl (C=O) groups excluding carboxylic acids is 3. The summed E-state index contributed by atoms with van der Waals surface area (Å²) in [6.45, 7) is 0. The quantitative estimate of drug-likeness (QED) is 0.511. The molecule has 1 atom stereocenters. The Hall–Kier alpha value is -2.91. The average molecular weight is 417 g/mol. The molecule has 2 aromatic rings. The molecule has 0 saturated heterocycles. The standard InChI is InChI=1S/C20H24N4O4S/c21-15(19(26)28-13-3-1-2-4-13)9-11-5-7-12(8-6-11)16-10-14(17(22)25)18(29-16)24-20(23)27/h5-8,10,13,15H,1-4,9,21H2,(H2,22,25)(H3,23,24,27)/t15-/m0/s1.